The van der Waals surface area contributed by atoms with E-state index in [1.807, 2.05) is 0 Å². The molecular formula is C11H14FN3O5S. The van der Waals surface area contributed by atoms with E-state index in [4.69, 9.17) is 0 Å². The number of nitro benzene ring substituents is 1. The highest BCUT2D eigenvalue weighted by molar-refractivity contribution is 7.89. The Labute approximate surface area is 120 Å². The molecule has 0 aliphatic heterocycles. The second kappa shape index (κ2) is 7.09. The molecule has 21 heavy (non-hydrogen) atoms. The first-order valence-electron chi connectivity index (χ1n) is 5.96. The van der Waals surface area contributed by atoms with Crippen LogP contribution in [0.4, 0.5) is 10.1 Å². The fraction of sp³-hybridized carbons (Fsp3) is 0.364. The third kappa shape index (κ3) is 5.08. The van der Waals surface area contributed by atoms with Crippen LogP contribution in [0.1, 0.15) is 17.3 Å². The predicted molar refractivity (Wildman–Crippen MR) is 72.9 cm³/mol. The van der Waals surface area contributed by atoms with Crippen LogP contribution >= 0.6 is 0 Å². The van der Waals surface area contributed by atoms with Crippen LogP contribution in [0.2, 0.25) is 0 Å². The monoisotopic (exact) mass is 319 g/mol. The highest BCUT2D eigenvalue weighted by atomic mass is 32.2. The number of hydrogen-bond donors (Lipinski definition) is 2. The van der Waals surface area contributed by atoms with Crippen molar-refractivity contribution in [2.45, 2.75) is 6.92 Å². The van der Waals surface area contributed by atoms with Gasteiger partial charge in [0.15, 0.2) is 0 Å². The molecule has 0 unspecified atom stereocenters. The maximum Gasteiger partial charge on any atom is 0.305 e. The SMILES string of the molecule is CCNS(=O)(=O)CCNC(=O)c1ccc(F)c([N+](=O)[O-])c1. The van der Waals surface area contributed by atoms with Gasteiger partial charge in [0.25, 0.3) is 5.91 Å². The summed E-state index contributed by atoms with van der Waals surface area (Å²) in [4.78, 5) is 21.3. The topological polar surface area (TPSA) is 118 Å². The van der Waals surface area contributed by atoms with Gasteiger partial charge in [-0.1, -0.05) is 6.92 Å². The second-order valence-electron chi connectivity index (χ2n) is 4.00. The van der Waals surface area contributed by atoms with Crippen molar-refractivity contribution >= 4 is 21.6 Å². The first-order chi connectivity index (χ1) is 9.76. The van der Waals surface area contributed by atoms with Gasteiger partial charge in [0.2, 0.25) is 15.8 Å². The standard InChI is InChI=1S/C11H14FN3O5S/c1-2-14-21(19,20)6-5-13-11(16)8-3-4-9(12)10(7-8)15(17)18/h3-4,7,14H,2,5-6H2,1H3,(H,13,16). The average Bonchev–Trinajstić information content (AvgIpc) is 2.38. The van der Waals surface area contributed by atoms with Crippen molar-refractivity contribution in [3.8, 4) is 0 Å². The fourth-order valence-corrected chi connectivity index (χ4v) is 2.44. The van der Waals surface area contributed by atoms with Crippen molar-refractivity contribution in [2.24, 2.45) is 0 Å². The summed E-state index contributed by atoms with van der Waals surface area (Å²) in [5.74, 6) is -2.09. The van der Waals surface area contributed by atoms with E-state index < -0.39 is 32.4 Å². The molecule has 1 amide bonds. The lowest BCUT2D eigenvalue weighted by Crippen LogP contribution is -2.34. The molecule has 0 aromatic heterocycles. The summed E-state index contributed by atoms with van der Waals surface area (Å²) in [6.45, 7) is 1.69. The average molecular weight is 319 g/mol. The molecule has 0 aliphatic rings. The highest BCUT2D eigenvalue weighted by Gasteiger charge is 2.17. The van der Waals surface area contributed by atoms with E-state index in [-0.39, 0.29) is 24.4 Å². The number of sulfonamides is 1. The lowest BCUT2D eigenvalue weighted by atomic mass is 10.2. The van der Waals surface area contributed by atoms with Gasteiger partial charge in [0.1, 0.15) is 0 Å². The van der Waals surface area contributed by atoms with Crippen molar-refractivity contribution in [3.63, 3.8) is 0 Å². The Morgan fingerprint density at radius 2 is 2.10 bits per heavy atom. The number of hydrogen-bond acceptors (Lipinski definition) is 5. The molecule has 1 aromatic carbocycles. The van der Waals surface area contributed by atoms with E-state index in [9.17, 15) is 27.7 Å². The van der Waals surface area contributed by atoms with Crippen molar-refractivity contribution in [1.82, 2.24) is 10.0 Å². The Balaban J connectivity index is 2.69. The number of rotatable bonds is 7. The third-order valence-corrected chi connectivity index (χ3v) is 3.90. The fourth-order valence-electron chi connectivity index (χ4n) is 1.49. The number of carbonyl (C=O) groups excluding carboxylic acids is 1. The quantitative estimate of drug-likeness (QED) is 0.557. The molecule has 8 nitrogen and oxygen atoms in total. The van der Waals surface area contributed by atoms with Gasteiger partial charge < -0.3 is 5.32 Å². The zero-order valence-electron chi connectivity index (χ0n) is 11.1. The molecule has 0 fully saturated rings. The molecular weight excluding hydrogens is 305 g/mol. The summed E-state index contributed by atoms with van der Waals surface area (Å²) in [5.41, 5.74) is -0.938. The lowest BCUT2D eigenvalue weighted by molar-refractivity contribution is -0.387. The summed E-state index contributed by atoms with van der Waals surface area (Å²) in [6, 6.07) is 2.68. The Morgan fingerprint density at radius 1 is 1.43 bits per heavy atom. The third-order valence-electron chi connectivity index (χ3n) is 2.43. The van der Waals surface area contributed by atoms with Crippen LogP contribution in [0.15, 0.2) is 18.2 Å². The number of nitrogens with zero attached hydrogens (tertiary/aromatic N) is 1. The molecule has 0 spiro atoms. The summed E-state index contributed by atoms with van der Waals surface area (Å²) >= 11 is 0. The maximum atomic E-state index is 13.1. The Kier molecular flexibility index (Phi) is 5.73. The van der Waals surface area contributed by atoms with Gasteiger partial charge in [-0.05, 0) is 12.1 Å². The smallest absolute Gasteiger partial charge is 0.305 e. The van der Waals surface area contributed by atoms with Crippen LogP contribution in [0.5, 0.6) is 0 Å². The van der Waals surface area contributed by atoms with E-state index in [1.54, 1.807) is 6.92 Å². The molecule has 10 heteroatoms. The number of nitro groups is 1. The van der Waals surface area contributed by atoms with Crippen molar-refractivity contribution < 1.29 is 22.5 Å². The summed E-state index contributed by atoms with van der Waals surface area (Å²) < 4.78 is 38.0. The molecule has 116 valence electrons. The first-order valence-corrected chi connectivity index (χ1v) is 7.61. The van der Waals surface area contributed by atoms with Crippen molar-refractivity contribution in [2.75, 3.05) is 18.8 Å². The molecule has 0 heterocycles. The van der Waals surface area contributed by atoms with Crippen LogP contribution < -0.4 is 10.0 Å². The van der Waals surface area contributed by atoms with E-state index in [2.05, 4.69) is 10.0 Å². The van der Waals surface area contributed by atoms with Crippen LogP contribution in [0, 0.1) is 15.9 Å². The van der Waals surface area contributed by atoms with Gasteiger partial charge >= 0.3 is 5.69 Å². The Hall–Kier alpha value is -2.07. The largest absolute Gasteiger partial charge is 0.351 e. The minimum Gasteiger partial charge on any atom is -0.351 e. The minimum absolute atomic E-state index is 0.121. The van der Waals surface area contributed by atoms with E-state index in [0.29, 0.717) is 0 Å². The molecule has 0 aliphatic carbocycles. The molecule has 0 saturated carbocycles. The van der Waals surface area contributed by atoms with E-state index in [0.717, 1.165) is 18.2 Å². The first kappa shape index (κ1) is 17.0. The molecule has 2 N–H and O–H groups in total. The van der Waals surface area contributed by atoms with Gasteiger partial charge in [-0.25, -0.2) is 13.1 Å². The van der Waals surface area contributed by atoms with Crippen LogP contribution in [0.25, 0.3) is 0 Å². The second-order valence-corrected chi connectivity index (χ2v) is 5.92. The predicted octanol–water partition coefficient (Wildman–Crippen LogP) is 0.403. The molecule has 1 rings (SSSR count). The van der Waals surface area contributed by atoms with Gasteiger partial charge in [-0.15, -0.1) is 0 Å². The van der Waals surface area contributed by atoms with Gasteiger partial charge in [0, 0.05) is 24.7 Å². The minimum atomic E-state index is -3.47. The van der Waals surface area contributed by atoms with E-state index in [1.165, 1.54) is 0 Å². The molecule has 0 saturated heterocycles. The Bertz CT molecular complexity index is 647. The maximum absolute atomic E-state index is 13.1. The normalized spacial score (nSPS) is 11.1. The summed E-state index contributed by atoms with van der Waals surface area (Å²) in [5, 5.41) is 12.9. The zero-order chi connectivity index (χ0) is 16.0. The molecule has 0 bridgehead atoms. The van der Waals surface area contributed by atoms with E-state index >= 15 is 0 Å². The van der Waals surface area contributed by atoms with Gasteiger partial charge in [-0.3, -0.25) is 14.9 Å². The molecule has 0 radical (unpaired) electrons. The summed E-state index contributed by atoms with van der Waals surface area (Å²) in [6.07, 6.45) is 0. The van der Waals surface area contributed by atoms with Crippen LogP contribution in [0.3, 0.4) is 0 Å². The number of benzene rings is 1. The van der Waals surface area contributed by atoms with Gasteiger partial charge in [-0.2, -0.15) is 4.39 Å². The van der Waals surface area contributed by atoms with Gasteiger partial charge in [0.05, 0.1) is 10.7 Å². The molecule has 0 atom stereocenters. The van der Waals surface area contributed by atoms with Crippen LogP contribution in [-0.4, -0.2) is 38.1 Å². The number of nitrogens with one attached hydrogen (secondary N) is 2. The van der Waals surface area contributed by atoms with Crippen molar-refractivity contribution in [3.05, 3.63) is 39.7 Å². The molecule has 1 aromatic rings. The zero-order valence-corrected chi connectivity index (χ0v) is 11.9. The lowest BCUT2D eigenvalue weighted by Gasteiger charge is -2.06. The summed E-state index contributed by atoms with van der Waals surface area (Å²) in [7, 11) is -3.47. The van der Waals surface area contributed by atoms with Crippen molar-refractivity contribution in [1.29, 1.82) is 0 Å². The van der Waals surface area contributed by atoms with Crippen LogP contribution in [-0.2, 0) is 10.0 Å². The highest BCUT2D eigenvalue weighted by Crippen LogP contribution is 2.18. The number of halogens is 1. The Morgan fingerprint density at radius 3 is 2.67 bits per heavy atom. The number of carbonyl (C=O) groups is 1. The number of amides is 1.